The van der Waals surface area contributed by atoms with Gasteiger partial charge in [0.05, 0.1) is 0 Å². The highest BCUT2D eigenvalue weighted by Crippen LogP contribution is 2.27. The molecule has 1 saturated heterocycles. The third-order valence-corrected chi connectivity index (χ3v) is 3.15. The van der Waals surface area contributed by atoms with Crippen LogP contribution in [0.15, 0.2) is 0 Å². The molecule has 0 N–H and O–H groups in total. The molecule has 0 bridgehead atoms. The summed E-state index contributed by atoms with van der Waals surface area (Å²) in [6, 6.07) is -0.160. The van der Waals surface area contributed by atoms with Gasteiger partial charge in [-0.15, -0.1) is 4.65 Å². The summed E-state index contributed by atoms with van der Waals surface area (Å²) >= 11 is 0. The molecular formula is C11H20NO3+. The maximum absolute atomic E-state index is 11.5. The van der Waals surface area contributed by atoms with Crippen molar-refractivity contribution in [2.75, 3.05) is 13.1 Å². The zero-order chi connectivity index (χ0) is 11.5. The lowest BCUT2D eigenvalue weighted by Gasteiger charge is -2.41. The van der Waals surface area contributed by atoms with Gasteiger partial charge in [-0.2, -0.15) is 0 Å². The number of carbonyl (C=O) groups excluding carboxylic acids is 2. The SMILES string of the molecule is CC[N+]1(OC(C)=O)CCCCC1C(C)=O. The summed E-state index contributed by atoms with van der Waals surface area (Å²) in [7, 11) is 0. The van der Waals surface area contributed by atoms with Crippen LogP contribution in [0, 0.1) is 0 Å². The Morgan fingerprint density at radius 1 is 1.33 bits per heavy atom. The first-order valence-corrected chi connectivity index (χ1v) is 5.59. The predicted octanol–water partition coefficient (Wildman–Crippen LogP) is 1.44. The summed E-state index contributed by atoms with van der Waals surface area (Å²) in [5.74, 6) is -0.178. The molecule has 86 valence electrons. The molecule has 4 nitrogen and oxygen atoms in total. The number of ketones is 1. The van der Waals surface area contributed by atoms with E-state index in [2.05, 4.69) is 0 Å². The van der Waals surface area contributed by atoms with Gasteiger partial charge in [0.15, 0.2) is 11.8 Å². The van der Waals surface area contributed by atoms with E-state index in [0.717, 1.165) is 25.8 Å². The summed E-state index contributed by atoms with van der Waals surface area (Å²) in [5.41, 5.74) is 0. The van der Waals surface area contributed by atoms with Crippen LogP contribution >= 0.6 is 0 Å². The molecule has 0 amide bonds. The minimum Gasteiger partial charge on any atom is -0.293 e. The van der Waals surface area contributed by atoms with E-state index in [-0.39, 0.29) is 22.4 Å². The molecule has 1 rings (SSSR count). The number of carbonyl (C=O) groups is 2. The van der Waals surface area contributed by atoms with Crippen LogP contribution in [-0.2, 0) is 14.4 Å². The number of hydroxylamine groups is 3. The van der Waals surface area contributed by atoms with Gasteiger partial charge in [-0.1, -0.05) is 0 Å². The Labute approximate surface area is 90.7 Å². The molecule has 0 aromatic rings. The van der Waals surface area contributed by atoms with Gasteiger partial charge in [-0.25, -0.2) is 4.79 Å². The second kappa shape index (κ2) is 4.75. The van der Waals surface area contributed by atoms with Gasteiger partial charge in [0.25, 0.3) is 0 Å². The Balaban J connectivity index is 2.89. The highest BCUT2D eigenvalue weighted by atomic mass is 16.7. The lowest BCUT2D eigenvalue weighted by atomic mass is 9.98. The third kappa shape index (κ3) is 2.56. The monoisotopic (exact) mass is 214 g/mol. The van der Waals surface area contributed by atoms with Gasteiger partial charge in [0.2, 0.25) is 0 Å². The summed E-state index contributed by atoms with van der Waals surface area (Å²) in [6.07, 6.45) is 2.90. The molecule has 0 saturated carbocycles. The first-order chi connectivity index (χ1) is 7.02. The molecule has 0 radical (unpaired) electrons. The van der Waals surface area contributed by atoms with Crippen molar-refractivity contribution in [3.05, 3.63) is 0 Å². The molecule has 0 aliphatic carbocycles. The first kappa shape index (κ1) is 12.2. The molecule has 0 spiro atoms. The van der Waals surface area contributed by atoms with Crippen LogP contribution in [0.3, 0.4) is 0 Å². The average molecular weight is 214 g/mol. The molecule has 1 heterocycles. The van der Waals surface area contributed by atoms with Crippen LogP contribution in [0.5, 0.6) is 0 Å². The van der Waals surface area contributed by atoms with Gasteiger partial charge < -0.3 is 0 Å². The minimum absolute atomic E-state index is 0.123. The van der Waals surface area contributed by atoms with Crippen molar-refractivity contribution in [2.45, 2.75) is 46.1 Å². The number of likely N-dealkylation sites (tertiary alicyclic amines) is 1. The van der Waals surface area contributed by atoms with Gasteiger partial charge in [0.1, 0.15) is 13.1 Å². The van der Waals surface area contributed by atoms with E-state index in [0.29, 0.717) is 6.54 Å². The fourth-order valence-corrected chi connectivity index (χ4v) is 2.45. The molecule has 4 heteroatoms. The number of rotatable bonds is 3. The molecule has 2 atom stereocenters. The molecule has 1 fully saturated rings. The van der Waals surface area contributed by atoms with E-state index in [1.54, 1.807) is 6.92 Å². The van der Waals surface area contributed by atoms with Crippen LogP contribution in [0.25, 0.3) is 0 Å². The van der Waals surface area contributed by atoms with Crippen molar-refractivity contribution in [3.63, 3.8) is 0 Å². The second-order valence-electron chi connectivity index (χ2n) is 4.20. The number of hydrogen-bond acceptors (Lipinski definition) is 3. The van der Waals surface area contributed by atoms with E-state index >= 15 is 0 Å². The van der Waals surface area contributed by atoms with Crippen LogP contribution in [0.4, 0.5) is 0 Å². The summed E-state index contributed by atoms with van der Waals surface area (Å²) in [4.78, 5) is 28.0. The lowest BCUT2D eigenvalue weighted by molar-refractivity contribution is -1.10. The quantitative estimate of drug-likeness (QED) is 0.668. The fraction of sp³-hybridized carbons (Fsp3) is 0.818. The largest absolute Gasteiger partial charge is 0.363 e. The number of nitrogens with zero attached hydrogens (tertiary/aromatic N) is 1. The average Bonchev–Trinajstić information content (AvgIpc) is 2.17. The van der Waals surface area contributed by atoms with Gasteiger partial charge in [0, 0.05) is 26.7 Å². The van der Waals surface area contributed by atoms with E-state index < -0.39 is 0 Å². The van der Waals surface area contributed by atoms with Crippen molar-refractivity contribution in [1.82, 2.24) is 0 Å². The zero-order valence-electron chi connectivity index (χ0n) is 9.78. The Kier molecular flexibility index (Phi) is 3.85. The minimum atomic E-state index is -0.301. The topological polar surface area (TPSA) is 43.4 Å². The Hall–Kier alpha value is -0.900. The molecule has 15 heavy (non-hydrogen) atoms. The van der Waals surface area contributed by atoms with Crippen LogP contribution in [0.2, 0.25) is 0 Å². The normalized spacial score (nSPS) is 31.0. The number of Topliss-reactive ketones (excluding diaryl/α,β-unsaturated/α-hetero) is 1. The summed E-state index contributed by atoms with van der Waals surface area (Å²) in [6.45, 7) is 6.39. The van der Waals surface area contributed by atoms with Crippen LogP contribution in [0.1, 0.15) is 40.0 Å². The standard InChI is InChI=1S/C11H20NO3/c1-4-12(15-10(3)14)8-6-5-7-11(12)9(2)13/h11H,4-8H2,1-3H3/q+1. The maximum Gasteiger partial charge on any atom is 0.363 e. The van der Waals surface area contributed by atoms with Crippen molar-refractivity contribution in [1.29, 1.82) is 0 Å². The van der Waals surface area contributed by atoms with E-state index in [1.165, 1.54) is 6.92 Å². The van der Waals surface area contributed by atoms with Gasteiger partial charge in [-0.3, -0.25) is 9.63 Å². The molecule has 2 unspecified atom stereocenters. The summed E-state index contributed by atoms with van der Waals surface area (Å²) < 4.78 is 0.199. The molecule has 1 aliphatic rings. The number of piperidine rings is 1. The highest BCUT2D eigenvalue weighted by Gasteiger charge is 2.44. The molecular weight excluding hydrogens is 194 g/mol. The number of hydrogen-bond donors (Lipinski definition) is 0. The predicted molar refractivity (Wildman–Crippen MR) is 55.8 cm³/mol. The van der Waals surface area contributed by atoms with Crippen molar-refractivity contribution < 1.29 is 19.1 Å². The number of likely N-dealkylation sites (N-methyl/N-ethyl adjacent to an activating group) is 1. The second-order valence-corrected chi connectivity index (χ2v) is 4.20. The highest BCUT2D eigenvalue weighted by molar-refractivity contribution is 5.80. The smallest absolute Gasteiger partial charge is 0.293 e. The molecule has 0 aromatic heterocycles. The molecule has 1 aliphatic heterocycles. The van der Waals surface area contributed by atoms with Gasteiger partial charge >= 0.3 is 5.97 Å². The van der Waals surface area contributed by atoms with Gasteiger partial charge in [-0.05, 0) is 13.3 Å². The van der Waals surface area contributed by atoms with Crippen LogP contribution < -0.4 is 0 Å². The van der Waals surface area contributed by atoms with Crippen LogP contribution in [-0.4, -0.2) is 35.5 Å². The Morgan fingerprint density at radius 2 is 2.00 bits per heavy atom. The summed E-state index contributed by atoms with van der Waals surface area (Å²) in [5, 5.41) is 0. The van der Waals surface area contributed by atoms with E-state index in [1.807, 2.05) is 6.92 Å². The van der Waals surface area contributed by atoms with E-state index in [4.69, 9.17) is 4.84 Å². The Morgan fingerprint density at radius 3 is 2.47 bits per heavy atom. The molecule has 0 aromatic carbocycles. The van der Waals surface area contributed by atoms with Crippen molar-refractivity contribution in [3.8, 4) is 0 Å². The lowest BCUT2D eigenvalue weighted by Crippen LogP contribution is -2.60. The maximum atomic E-state index is 11.5. The van der Waals surface area contributed by atoms with E-state index in [9.17, 15) is 9.59 Å². The third-order valence-electron chi connectivity index (χ3n) is 3.15. The zero-order valence-corrected chi connectivity index (χ0v) is 9.78. The fourth-order valence-electron chi connectivity index (χ4n) is 2.45. The van der Waals surface area contributed by atoms with Crippen molar-refractivity contribution >= 4 is 11.8 Å². The Bertz CT molecular complexity index is 265. The van der Waals surface area contributed by atoms with Crippen molar-refractivity contribution in [2.24, 2.45) is 0 Å². The first-order valence-electron chi connectivity index (χ1n) is 5.59. The number of quaternary nitrogens is 1.